The number of aryl methyl sites for hydroxylation is 4. The van der Waals surface area contributed by atoms with E-state index in [1.807, 2.05) is 113 Å². The number of benzene rings is 4. The van der Waals surface area contributed by atoms with Gasteiger partial charge in [0, 0.05) is 35.1 Å². The van der Waals surface area contributed by atoms with Crippen LogP contribution in [0.2, 0.25) is 0 Å². The Morgan fingerprint density at radius 2 is 0.891 bits per heavy atom. The number of halogens is 2. The predicted molar refractivity (Wildman–Crippen MR) is 191 cm³/mol. The lowest BCUT2D eigenvalue weighted by molar-refractivity contribution is -0.142. The van der Waals surface area contributed by atoms with Gasteiger partial charge >= 0.3 is 0 Å². The van der Waals surface area contributed by atoms with E-state index >= 15 is 0 Å². The molecule has 46 heavy (non-hydrogen) atoms. The van der Waals surface area contributed by atoms with Crippen molar-refractivity contribution in [1.29, 1.82) is 0 Å². The molecule has 8 heteroatoms. The number of carbonyl (C=O) groups is 2. The Kier molecular flexibility index (Phi) is 12.5. The average Bonchev–Trinajstić information content (AvgIpc) is 3.02. The third-order valence-corrected chi connectivity index (χ3v) is 8.75. The average molecular weight is 751 g/mol. The number of ether oxygens (including phenoxy) is 2. The van der Waals surface area contributed by atoms with E-state index in [1.54, 1.807) is 23.6 Å². The summed E-state index contributed by atoms with van der Waals surface area (Å²) in [5, 5.41) is 0. The van der Waals surface area contributed by atoms with Crippen molar-refractivity contribution in [2.75, 3.05) is 13.1 Å². The van der Waals surface area contributed by atoms with Gasteiger partial charge in [-0.15, -0.1) is 0 Å². The SMILES string of the molecule is Cc1cc(Br)cc(C)c1OC(C)C(=O)N(CCN(Cc1ccccc1)C(=O)C(C)Oc1c(C)cc(Br)cc1C)Cc1ccccc1. The zero-order valence-corrected chi connectivity index (χ0v) is 30.5. The summed E-state index contributed by atoms with van der Waals surface area (Å²) in [6.07, 6.45) is -1.46. The third kappa shape index (κ3) is 9.46. The second kappa shape index (κ2) is 16.3. The molecule has 0 aromatic heterocycles. The number of rotatable bonds is 13. The van der Waals surface area contributed by atoms with Gasteiger partial charge in [0.05, 0.1) is 0 Å². The molecule has 0 aliphatic heterocycles. The van der Waals surface area contributed by atoms with E-state index in [2.05, 4.69) is 31.9 Å². The van der Waals surface area contributed by atoms with Crippen molar-refractivity contribution in [3.63, 3.8) is 0 Å². The topological polar surface area (TPSA) is 59.1 Å². The molecule has 2 atom stereocenters. The van der Waals surface area contributed by atoms with Gasteiger partial charge in [-0.3, -0.25) is 9.59 Å². The van der Waals surface area contributed by atoms with Crippen molar-refractivity contribution >= 4 is 43.7 Å². The molecule has 0 fully saturated rings. The first kappa shape index (κ1) is 35.2. The first-order valence-corrected chi connectivity index (χ1v) is 17.0. The summed E-state index contributed by atoms with van der Waals surface area (Å²) in [6.45, 7) is 12.9. The summed E-state index contributed by atoms with van der Waals surface area (Å²) in [5.41, 5.74) is 5.80. The molecule has 0 N–H and O–H groups in total. The Balaban J connectivity index is 1.57. The molecule has 0 saturated heterocycles. The minimum absolute atomic E-state index is 0.150. The molecule has 4 aromatic rings. The van der Waals surface area contributed by atoms with Gasteiger partial charge in [0.1, 0.15) is 11.5 Å². The van der Waals surface area contributed by atoms with Crippen LogP contribution in [0.3, 0.4) is 0 Å². The molecule has 6 nitrogen and oxygen atoms in total. The van der Waals surface area contributed by atoms with Gasteiger partial charge in [-0.2, -0.15) is 0 Å². The molecule has 0 bridgehead atoms. The fraction of sp³-hybridized carbons (Fsp3) is 0.316. The lowest BCUT2D eigenvalue weighted by atomic mass is 10.1. The number of hydrogen-bond donors (Lipinski definition) is 0. The maximum absolute atomic E-state index is 14.0. The Morgan fingerprint density at radius 3 is 1.20 bits per heavy atom. The number of nitrogens with zero attached hydrogens (tertiary/aromatic N) is 2. The van der Waals surface area contributed by atoms with Crippen LogP contribution in [0.25, 0.3) is 0 Å². The normalized spacial score (nSPS) is 12.3. The van der Waals surface area contributed by atoms with Crippen molar-refractivity contribution in [3.05, 3.63) is 127 Å². The molecule has 0 aliphatic carbocycles. The predicted octanol–water partition coefficient (Wildman–Crippen LogP) is 8.74. The molecule has 0 heterocycles. The second-order valence-corrected chi connectivity index (χ2v) is 13.6. The van der Waals surface area contributed by atoms with Crippen LogP contribution in [0.1, 0.15) is 47.2 Å². The Morgan fingerprint density at radius 1 is 0.587 bits per heavy atom. The van der Waals surface area contributed by atoms with E-state index in [0.29, 0.717) is 37.7 Å². The third-order valence-electron chi connectivity index (χ3n) is 7.83. The van der Waals surface area contributed by atoms with Crippen molar-refractivity contribution < 1.29 is 19.1 Å². The summed E-state index contributed by atoms with van der Waals surface area (Å²) in [5.74, 6) is 1.11. The molecule has 0 radical (unpaired) electrons. The van der Waals surface area contributed by atoms with Gasteiger partial charge < -0.3 is 19.3 Å². The van der Waals surface area contributed by atoms with Gasteiger partial charge in [0.15, 0.2) is 12.2 Å². The van der Waals surface area contributed by atoms with Crippen LogP contribution in [0.4, 0.5) is 0 Å². The summed E-state index contributed by atoms with van der Waals surface area (Å²) >= 11 is 7.07. The minimum atomic E-state index is -0.730. The summed E-state index contributed by atoms with van der Waals surface area (Å²) in [4.78, 5) is 31.6. The molecule has 0 saturated carbocycles. The number of hydrogen-bond acceptors (Lipinski definition) is 4. The molecule has 242 valence electrons. The highest BCUT2D eigenvalue weighted by molar-refractivity contribution is 9.10. The van der Waals surface area contributed by atoms with Crippen molar-refractivity contribution in [2.24, 2.45) is 0 Å². The van der Waals surface area contributed by atoms with Crippen LogP contribution in [-0.4, -0.2) is 46.9 Å². The van der Waals surface area contributed by atoms with Crippen LogP contribution < -0.4 is 9.47 Å². The van der Waals surface area contributed by atoms with E-state index in [0.717, 1.165) is 42.3 Å². The Labute approximate surface area is 290 Å². The summed E-state index contributed by atoms with van der Waals surface area (Å²) in [6, 6.07) is 27.7. The van der Waals surface area contributed by atoms with E-state index in [9.17, 15) is 9.59 Å². The van der Waals surface area contributed by atoms with Crippen LogP contribution in [0.15, 0.2) is 93.9 Å². The van der Waals surface area contributed by atoms with E-state index in [4.69, 9.17) is 9.47 Å². The second-order valence-electron chi connectivity index (χ2n) is 11.7. The molecular weight excluding hydrogens is 708 g/mol. The molecule has 4 rings (SSSR count). The van der Waals surface area contributed by atoms with Gasteiger partial charge in [-0.05, 0) is 99.2 Å². The van der Waals surface area contributed by atoms with Gasteiger partial charge in [-0.1, -0.05) is 92.5 Å². The first-order valence-electron chi connectivity index (χ1n) is 15.4. The molecule has 2 amide bonds. The van der Waals surface area contributed by atoms with E-state index < -0.39 is 12.2 Å². The maximum Gasteiger partial charge on any atom is 0.263 e. The molecule has 0 aliphatic rings. The minimum Gasteiger partial charge on any atom is -0.480 e. The van der Waals surface area contributed by atoms with Crippen LogP contribution in [0.5, 0.6) is 11.5 Å². The number of carbonyl (C=O) groups excluding carboxylic acids is 2. The van der Waals surface area contributed by atoms with Crippen LogP contribution >= 0.6 is 31.9 Å². The molecule has 0 spiro atoms. The molecular formula is C38H42Br2N2O4. The maximum atomic E-state index is 14.0. The zero-order valence-electron chi connectivity index (χ0n) is 27.3. The summed E-state index contributed by atoms with van der Waals surface area (Å²) < 4.78 is 14.5. The van der Waals surface area contributed by atoms with Crippen molar-refractivity contribution in [2.45, 2.75) is 66.8 Å². The zero-order chi connectivity index (χ0) is 33.4. The van der Waals surface area contributed by atoms with Crippen LogP contribution in [-0.2, 0) is 22.7 Å². The highest BCUT2D eigenvalue weighted by atomic mass is 79.9. The monoisotopic (exact) mass is 748 g/mol. The first-order chi connectivity index (χ1) is 21.9. The largest absolute Gasteiger partial charge is 0.480 e. The van der Waals surface area contributed by atoms with Crippen LogP contribution in [0, 0.1) is 27.7 Å². The fourth-order valence-corrected chi connectivity index (χ4v) is 6.89. The van der Waals surface area contributed by atoms with Crippen molar-refractivity contribution in [3.8, 4) is 11.5 Å². The number of amides is 2. The highest BCUT2D eigenvalue weighted by Gasteiger charge is 2.28. The highest BCUT2D eigenvalue weighted by Crippen LogP contribution is 2.30. The smallest absolute Gasteiger partial charge is 0.263 e. The Hall–Kier alpha value is -3.62. The molecule has 4 aromatic carbocycles. The van der Waals surface area contributed by atoms with Gasteiger partial charge in [0.25, 0.3) is 11.8 Å². The van der Waals surface area contributed by atoms with E-state index in [1.165, 1.54) is 0 Å². The summed E-state index contributed by atoms with van der Waals surface area (Å²) in [7, 11) is 0. The molecule has 2 unspecified atom stereocenters. The standard InChI is InChI=1S/C38H42Br2N2O4/c1-25-19-33(39)20-26(2)35(25)45-29(5)37(43)41(23-31-13-9-7-10-14-31)17-18-42(24-32-15-11-8-12-16-32)38(44)30(6)46-36-27(3)21-34(40)22-28(36)4/h7-16,19-22,29-30H,17-18,23-24H2,1-6H3. The van der Waals surface area contributed by atoms with Crippen molar-refractivity contribution in [1.82, 2.24) is 9.80 Å². The fourth-order valence-electron chi connectivity index (χ4n) is 5.52. The quantitative estimate of drug-likeness (QED) is 0.137. The van der Waals surface area contributed by atoms with E-state index in [-0.39, 0.29) is 11.8 Å². The van der Waals surface area contributed by atoms with Gasteiger partial charge in [-0.25, -0.2) is 0 Å². The Bertz CT molecular complexity index is 1480. The van der Waals surface area contributed by atoms with Gasteiger partial charge in [0.2, 0.25) is 0 Å². The lowest BCUT2D eigenvalue weighted by Gasteiger charge is -2.31. The lowest BCUT2D eigenvalue weighted by Crippen LogP contribution is -2.47.